The largest absolute Gasteiger partial charge is 0.494 e. The van der Waals surface area contributed by atoms with E-state index in [0.29, 0.717) is 22.9 Å². The van der Waals surface area contributed by atoms with Gasteiger partial charge >= 0.3 is 6.03 Å². The molecule has 0 radical (unpaired) electrons. The van der Waals surface area contributed by atoms with Gasteiger partial charge in [-0.05, 0) is 30.3 Å². The predicted octanol–water partition coefficient (Wildman–Crippen LogP) is 3.41. The summed E-state index contributed by atoms with van der Waals surface area (Å²) in [6.07, 6.45) is 0. The molecule has 0 saturated heterocycles. The molecule has 0 atom stereocenters. The number of urea groups is 1. The second-order valence-corrected chi connectivity index (χ2v) is 5.06. The molecule has 0 spiro atoms. The first kappa shape index (κ1) is 16.5. The lowest BCUT2D eigenvalue weighted by Crippen LogP contribution is -2.20. The highest BCUT2D eigenvalue weighted by atomic mass is 16.5. The van der Waals surface area contributed by atoms with Gasteiger partial charge in [0.2, 0.25) is 0 Å². The Labute approximate surface area is 136 Å². The monoisotopic (exact) mass is 315 g/mol. The maximum Gasteiger partial charge on any atom is 0.323 e. The Morgan fingerprint density at radius 3 is 2.13 bits per heavy atom. The van der Waals surface area contributed by atoms with Crippen molar-refractivity contribution in [2.45, 2.75) is 0 Å². The number of anilines is 3. The molecule has 0 aliphatic rings. The average Bonchev–Trinajstić information content (AvgIpc) is 2.55. The van der Waals surface area contributed by atoms with Crippen LogP contribution in [0.1, 0.15) is 0 Å². The summed E-state index contributed by atoms with van der Waals surface area (Å²) >= 11 is 0. The quantitative estimate of drug-likeness (QED) is 0.887. The van der Waals surface area contributed by atoms with E-state index < -0.39 is 0 Å². The summed E-state index contributed by atoms with van der Waals surface area (Å²) in [7, 11) is 6.97. The van der Waals surface area contributed by atoms with Crippen molar-refractivity contribution >= 4 is 23.1 Å². The highest BCUT2D eigenvalue weighted by molar-refractivity contribution is 6.02. The lowest BCUT2D eigenvalue weighted by molar-refractivity contribution is 0.262. The summed E-state index contributed by atoms with van der Waals surface area (Å²) in [5.74, 6) is 1.06. The zero-order chi connectivity index (χ0) is 16.8. The van der Waals surface area contributed by atoms with E-state index in [1.807, 2.05) is 43.3 Å². The molecule has 0 fully saturated rings. The Bertz CT molecular complexity index is 664. The Balaban J connectivity index is 2.16. The van der Waals surface area contributed by atoms with Crippen LogP contribution in [-0.2, 0) is 0 Å². The van der Waals surface area contributed by atoms with Gasteiger partial charge in [0.1, 0.15) is 17.2 Å². The number of carbonyl (C=O) groups is 1. The first-order chi connectivity index (χ1) is 11.0. The number of nitrogens with zero attached hydrogens (tertiary/aromatic N) is 1. The molecule has 0 heterocycles. The zero-order valence-electron chi connectivity index (χ0n) is 13.7. The summed E-state index contributed by atoms with van der Waals surface area (Å²) in [5.41, 5.74) is 2.18. The van der Waals surface area contributed by atoms with Gasteiger partial charge < -0.3 is 25.0 Å². The highest BCUT2D eigenvalue weighted by Gasteiger charge is 2.13. The maximum absolute atomic E-state index is 12.3. The van der Waals surface area contributed by atoms with Crippen LogP contribution in [-0.4, -0.2) is 34.3 Å². The van der Waals surface area contributed by atoms with E-state index >= 15 is 0 Å². The van der Waals surface area contributed by atoms with Gasteiger partial charge in [-0.25, -0.2) is 4.79 Å². The van der Waals surface area contributed by atoms with Crippen LogP contribution in [0.3, 0.4) is 0 Å². The second kappa shape index (κ2) is 7.40. The van der Waals surface area contributed by atoms with Gasteiger partial charge in [-0.15, -0.1) is 0 Å². The zero-order valence-corrected chi connectivity index (χ0v) is 13.7. The van der Waals surface area contributed by atoms with E-state index in [-0.39, 0.29) is 6.03 Å². The molecule has 2 rings (SSSR count). The lowest BCUT2D eigenvalue weighted by Gasteiger charge is -2.16. The van der Waals surface area contributed by atoms with Crippen LogP contribution in [0, 0.1) is 0 Å². The van der Waals surface area contributed by atoms with Crippen molar-refractivity contribution in [3.63, 3.8) is 0 Å². The van der Waals surface area contributed by atoms with Crippen LogP contribution >= 0.6 is 0 Å². The maximum atomic E-state index is 12.3. The highest BCUT2D eigenvalue weighted by Crippen LogP contribution is 2.34. The van der Waals surface area contributed by atoms with Crippen molar-refractivity contribution in [2.24, 2.45) is 0 Å². The lowest BCUT2D eigenvalue weighted by atomic mass is 10.2. The van der Waals surface area contributed by atoms with Gasteiger partial charge in [-0.2, -0.15) is 0 Å². The van der Waals surface area contributed by atoms with Crippen LogP contribution in [0.4, 0.5) is 21.9 Å². The Kier molecular flexibility index (Phi) is 5.30. The van der Waals surface area contributed by atoms with Crippen molar-refractivity contribution < 1.29 is 14.3 Å². The Hall–Kier alpha value is -2.89. The number of hydrogen-bond acceptors (Lipinski definition) is 4. The third kappa shape index (κ3) is 4.06. The van der Waals surface area contributed by atoms with Crippen LogP contribution in [0.15, 0.2) is 42.5 Å². The molecule has 6 nitrogen and oxygen atoms in total. The summed E-state index contributed by atoms with van der Waals surface area (Å²) in [6, 6.07) is 12.5. The Morgan fingerprint density at radius 1 is 0.957 bits per heavy atom. The first-order valence-corrected chi connectivity index (χ1v) is 7.11. The summed E-state index contributed by atoms with van der Waals surface area (Å²) < 4.78 is 10.5. The van der Waals surface area contributed by atoms with E-state index in [1.54, 1.807) is 32.4 Å². The molecule has 2 amide bonds. The molecule has 0 aliphatic heterocycles. The molecule has 0 saturated carbocycles. The molecule has 6 heteroatoms. The normalized spacial score (nSPS) is 9.91. The molecule has 23 heavy (non-hydrogen) atoms. The summed E-state index contributed by atoms with van der Waals surface area (Å²) in [4.78, 5) is 14.2. The number of benzene rings is 2. The van der Waals surface area contributed by atoms with Crippen LogP contribution < -0.4 is 25.0 Å². The van der Waals surface area contributed by atoms with Gasteiger partial charge in [-0.3, -0.25) is 0 Å². The predicted molar refractivity (Wildman–Crippen MR) is 93.0 cm³/mol. The molecule has 2 aromatic carbocycles. The van der Waals surface area contributed by atoms with E-state index in [0.717, 1.165) is 5.69 Å². The minimum absolute atomic E-state index is 0.372. The van der Waals surface area contributed by atoms with E-state index in [2.05, 4.69) is 10.6 Å². The number of nitrogens with one attached hydrogen (secondary N) is 2. The topological polar surface area (TPSA) is 62.8 Å². The molecular weight excluding hydrogens is 294 g/mol. The van der Waals surface area contributed by atoms with Crippen LogP contribution in [0.25, 0.3) is 0 Å². The van der Waals surface area contributed by atoms with Crippen molar-refractivity contribution in [3.05, 3.63) is 42.5 Å². The third-order valence-corrected chi connectivity index (χ3v) is 3.29. The van der Waals surface area contributed by atoms with Gasteiger partial charge in [0.25, 0.3) is 0 Å². The van der Waals surface area contributed by atoms with E-state index in [1.165, 1.54) is 0 Å². The third-order valence-electron chi connectivity index (χ3n) is 3.29. The van der Waals surface area contributed by atoms with Crippen molar-refractivity contribution in [2.75, 3.05) is 43.8 Å². The standard InChI is InChI=1S/C17H21N3O3/c1-20(2)13-8-5-7-12(11-13)18-17(21)19-16-14(22-3)9-6-10-15(16)23-4/h5-11H,1-4H3,(H2,18,19,21). The fraction of sp³-hybridized carbons (Fsp3) is 0.235. The number of amides is 2. The minimum atomic E-state index is -0.372. The van der Waals surface area contributed by atoms with Crippen LogP contribution in [0.2, 0.25) is 0 Å². The fourth-order valence-electron chi connectivity index (χ4n) is 2.11. The van der Waals surface area contributed by atoms with E-state index in [4.69, 9.17) is 9.47 Å². The number of carbonyl (C=O) groups excluding carboxylic acids is 1. The molecule has 0 aromatic heterocycles. The molecule has 0 bridgehead atoms. The smallest absolute Gasteiger partial charge is 0.323 e. The minimum Gasteiger partial charge on any atom is -0.494 e. The number of rotatable bonds is 5. The number of ether oxygens (including phenoxy) is 2. The molecule has 0 aliphatic carbocycles. The second-order valence-electron chi connectivity index (χ2n) is 5.06. The molecule has 2 N–H and O–H groups in total. The number of hydrogen-bond donors (Lipinski definition) is 2. The Morgan fingerprint density at radius 2 is 1.57 bits per heavy atom. The van der Waals surface area contributed by atoms with Gasteiger partial charge in [0.15, 0.2) is 0 Å². The van der Waals surface area contributed by atoms with Crippen molar-refractivity contribution in [3.8, 4) is 11.5 Å². The molecule has 2 aromatic rings. The first-order valence-electron chi connectivity index (χ1n) is 7.11. The number of para-hydroxylation sites is 1. The fourth-order valence-corrected chi connectivity index (χ4v) is 2.11. The molecule has 0 unspecified atom stereocenters. The molecule has 122 valence electrons. The summed E-state index contributed by atoms with van der Waals surface area (Å²) in [6.45, 7) is 0. The SMILES string of the molecule is COc1cccc(OC)c1NC(=O)Nc1cccc(N(C)C)c1. The van der Waals surface area contributed by atoms with Gasteiger partial charge in [0, 0.05) is 25.5 Å². The van der Waals surface area contributed by atoms with Gasteiger partial charge in [-0.1, -0.05) is 12.1 Å². The summed E-state index contributed by atoms with van der Waals surface area (Å²) in [5, 5.41) is 5.56. The van der Waals surface area contributed by atoms with Gasteiger partial charge in [0.05, 0.1) is 14.2 Å². The molecular formula is C17H21N3O3. The number of methoxy groups -OCH3 is 2. The van der Waals surface area contributed by atoms with E-state index in [9.17, 15) is 4.79 Å². The van der Waals surface area contributed by atoms with Crippen LogP contribution in [0.5, 0.6) is 11.5 Å². The van der Waals surface area contributed by atoms with Crippen molar-refractivity contribution in [1.29, 1.82) is 0 Å². The average molecular weight is 315 g/mol. The van der Waals surface area contributed by atoms with Crippen molar-refractivity contribution in [1.82, 2.24) is 0 Å².